The van der Waals surface area contributed by atoms with E-state index in [1.54, 1.807) is 36.4 Å². The average Bonchev–Trinajstić information content (AvgIpc) is 3.21. The minimum absolute atomic E-state index is 0.0179. The van der Waals surface area contributed by atoms with Crippen LogP contribution in [-0.4, -0.2) is 52.0 Å². The van der Waals surface area contributed by atoms with Crippen LogP contribution in [0.25, 0.3) is 0 Å². The first-order valence-electron chi connectivity index (χ1n) is 9.34. The SMILES string of the molecule is O=C1C[C@@]2(C(=O)OCc3ccccc3)OC[C@]3(O)C(=O)c4ccccc4C(=O)[C@]23O1. The third-order valence-corrected chi connectivity index (χ3v) is 5.99. The van der Waals surface area contributed by atoms with Gasteiger partial charge in [-0.05, 0) is 5.56 Å². The van der Waals surface area contributed by atoms with Crippen LogP contribution < -0.4 is 0 Å². The fourth-order valence-electron chi connectivity index (χ4n) is 4.57. The van der Waals surface area contributed by atoms with Crippen molar-refractivity contribution in [3.05, 3.63) is 71.3 Å². The Labute approximate surface area is 170 Å². The number of ether oxygens (including phenoxy) is 3. The maximum absolute atomic E-state index is 13.5. The number of rotatable bonds is 3. The van der Waals surface area contributed by atoms with E-state index in [0.29, 0.717) is 5.56 Å². The Balaban J connectivity index is 1.61. The van der Waals surface area contributed by atoms with E-state index < -0.39 is 53.3 Å². The van der Waals surface area contributed by atoms with Crippen molar-refractivity contribution >= 4 is 23.5 Å². The van der Waals surface area contributed by atoms with Gasteiger partial charge in [0.15, 0.2) is 0 Å². The smallest absolute Gasteiger partial charge is 0.344 e. The molecule has 30 heavy (non-hydrogen) atoms. The highest BCUT2D eigenvalue weighted by molar-refractivity contribution is 6.26. The van der Waals surface area contributed by atoms with Gasteiger partial charge in [0.05, 0.1) is 13.0 Å². The van der Waals surface area contributed by atoms with Crippen molar-refractivity contribution < 1.29 is 38.5 Å². The van der Waals surface area contributed by atoms with E-state index in [1.165, 1.54) is 18.2 Å². The predicted octanol–water partition coefficient (Wildman–Crippen LogP) is 0.995. The maximum atomic E-state index is 13.5. The molecule has 2 aromatic rings. The largest absolute Gasteiger partial charge is 0.459 e. The Kier molecular flexibility index (Phi) is 3.77. The summed E-state index contributed by atoms with van der Waals surface area (Å²) in [5.41, 5.74) is -6.71. The fourth-order valence-corrected chi connectivity index (χ4v) is 4.57. The van der Waals surface area contributed by atoms with Crippen LogP contribution in [0, 0.1) is 0 Å². The van der Waals surface area contributed by atoms with Crippen LogP contribution in [0.2, 0.25) is 0 Å². The molecule has 8 heteroatoms. The van der Waals surface area contributed by atoms with Crippen molar-refractivity contribution in [1.82, 2.24) is 0 Å². The van der Waals surface area contributed by atoms with Crippen LogP contribution in [0.1, 0.15) is 32.7 Å². The van der Waals surface area contributed by atoms with Crippen molar-refractivity contribution in [2.24, 2.45) is 0 Å². The molecule has 0 bridgehead atoms. The first-order chi connectivity index (χ1) is 14.4. The van der Waals surface area contributed by atoms with E-state index >= 15 is 0 Å². The van der Waals surface area contributed by atoms with Gasteiger partial charge in [-0.3, -0.25) is 14.4 Å². The van der Waals surface area contributed by atoms with Gasteiger partial charge in [-0.25, -0.2) is 4.79 Å². The normalized spacial score (nSPS) is 31.6. The van der Waals surface area contributed by atoms with E-state index in [4.69, 9.17) is 14.2 Å². The zero-order chi connectivity index (χ0) is 21.1. The van der Waals surface area contributed by atoms with Crippen molar-refractivity contribution in [2.45, 2.75) is 29.8 Å². The van der Waals surface area contributed by atoms with Crippen LogP contribution in [0.15, 0.2) is 54.6 Å². The Morgan fingerprint density at radius 1 is 0.967 bits per heavy atom. The van der Waals surface area contributed by atoms with Crippen LogP contribution in [0.5, 0.6) is 0 Å². The monoisotopic (exact) mass is 408 g/mol. The second-order valence-corrected chi connectivity index (χ2v) is 7.57. The number of fused-ring (bicyclic) bond motifs is 1. The van der Waals surface area contributed by atoms with Crippen molar-refractivity contribution in [3.8, 4) is 0 Å². The first kappa shape index (κ1) is 18.7. The number of carbonyl (C=O) groups excluding carboxylic acids is 4. The standard InChI is InChI=1S/C22H16O8/c23-16-10-21(19(26)28-11-13-6-2-1-3-7-13)22(30-16)18(25)15-9-5-4-8-14(15)17(24)20(22,27)12-29-21/h1-9,27H,10-12H2/t20-,21-,22+/m0/s1. The lowest BCUT2D eigenvalue weighted by atomic mass is 9.62. The second-order valence-electron chi connectivity index (χ2n) is 7.57. The van der Waals surface area contributed by atoms with Crippen molar-refractivity contribution in [1.29, 1.82) is 0 Å². The summed E-state index contributed by atoms with van der Waals surface area (Å²) < 4.78 is 16.3. The fraction of sp³-hybridized carbons (Fsp3) is 0.273. The summed E-state index contributed by atoms with van der Waals surface area (Å²) in [5, 5.41) is 11.3. The molecule has 0 amide bonds. The summed E-state index contributed by atoms with van der Waals surface area (Å²) in [5.74, 6) is -3.69. The summed E-state index contributed by atoms with van der Waals surface area (Å²) in [7, 11) is 0. The molecule has 1 spiro atoms. The highest BCUT2D eigenvalue weighted by Crippen LogP contribution is 2.57. The molecule has 2 saturated heterocycles. The topological polar surface area (TPSA) is 116 Å². The molecule has 2 heterocycles. The number of hydrogen-bond acceptors (Lipinski definition) is 8. The highest BCUT2D eigenvalue weighted by atomic mass is 16.7. The van der Waals surface area contributed by atoms with Gasteiger partial charge in [-0.15, -0.1) is 0 Å². The molecular weight excluding hydrogens is 392 g/mol. The van der Waals surface area contributed by atoms with E-state index in [-0.39, 0.29) is 17.7 Å². The van der Waals surface area contributed by atoms with Crippen molar-refractivity contribution in [2.75, 3.05) is 6.61 Å². The summed E-state index contributed by atoms with van der Waals surface area (Å²) in [6.45, 7) is -0.828. The summed E-state index contributed by atoms with van der Waals surface area (Å²) >= 11 is 0. The van der Waals surface area contributed by atoms with Gasteiger partial charge in [-0.2, -0.15) is 0 Å². The zero-order valence-corrected chi connectivity index (χ0v) is 15.6. The molecule has 0 radical (unpaired) electrons. The second kappa shape index (κ2) is 6.07. The molecule has 5 rings (SSSR count). The Bertz CT molecular complexity index is 1110. The Hall–Kier alpha value is -3.36. The van der Waals surface area contributed by atoms with Crippen LogP contribution in [-0.2, 0) is 30.4 Å². The minimum atomic E-state index is -2.53. The van der Waals surface area contributed by atoms with Gasteiger partial charge in [0, 0.05) is 11.1 Å². The van der Waals surface area contributed by atoms with Crippen LogP contribution >= 0.6 is 0 Å². The molecule has 0 aromatic heterocycles. The molecule has 0 saturated carbocycles. The van der Waals surface area contributed by atoms with E-state index in [2.05, 4.69) is 0 Å². The number of esters is 2. The molecule has 1 N–H and O–H groups in total. The molecule has 0 unspecified atom stereocenters. The summed E-state index contributed by atoms with van der Waals surface area (Å²) in [6, 6.07) is 14.6. The average molecular weight is 408 g/mol. The molecule has 3 atom stereocenters. The number of ketones is 2. The van der Waals surface area contributed by atoms with E-state index in [1.807, 2.05) is 0 Å². The number of aliphatic hydroxyl groups is 1. The number of hydrogen-bond donors (Lipinski definition) is 1. The molecule has 2 aliphatic heterocycles. The van der Waals surface area contributed by atoms with Crippen molar-refractivity contribution in [3.63, 3.8) is 0 Å². The number of benzene rings is 2. The van der Waals surface area contributed by atoms with Gasteiger partial charge >= 0.3 is 11.9 Å². The van der Waals surface area contributed by atoms with Crippen LogP contribution in [0.3, 0.4) is 0 Å². The van der Waals surface area contributed by atoms with Gasteiger partial charge in [0.2, 0.25) is 22.8 Å². The molecule has 2 fully saturated rings. The summed E-state index contributed by atoms with van der Waals surface area (Å²) in [4.78, 5) is 52.1. The Morgan fingerprint density at radius 2 is 1.60 bits per heavy atom. The molecule has 3 aliphatic rings. The third kappa shape index (κ3) is 2.07. The van der Waals surface area contributed by atoms with Gasteiger partial charge in [0.25, 0.3) is 5.60 Å². The lowest BCUT2D eigenvalue weighted by molar-refractivity contribution is -0.179. The third-order valence-electron chi connectivity index (χ3n) is 5.99. The highest BCUT2D eigenvalue weighted by Gasteiger charge is 2.86. The maximum Gasteiger partial charge on any atom is 0.344 e. The lowest BCUT2D eigenvalue weighted by Crippen LogP contribution is -2.72. The lowest BCUT2D eigenvalue weighted by Gasteiger charge is -2.42. The van der Waals surface area contributed by atoms with Gasteiger partial charge < -0.3 is 19.3 Å². The van der Waals surface area contributed by atoms with Crippen LogP contribution in [0.4, 0.5) is 0 Å². The van der Waals surface area contributed by atoms with Gasteiger partial charge in [-0.1, -0.05) is 54.6 Å². The number of carbonyl (C=O) groups is 4. The first-order valence-corrected chi connectivity index (χ1v) is 9.34. The summed E-state index contributed by atoms with van der Waals surface area (Å²) in [6.07, 6.45) is -0.649. The minimum Gasteiger partial charge on any atom is -0.459 e. The zero-order valence-electron chi connectivity index (χ0n) is 15.6. The Morgan fingerprint density at radius 3 is 2.30 bits per heavy atom. The van der Waals surface area contributed by atoms with E-state index in [9.17, 15) is 24.3 Å². The molecule has 8 nitrogen and oxygen atoms in total. The molecule has 2 aromatic carbocycles. The van der Waals surface area contributed by atoms with E-state index in [0.717, 1.165) is 0 Å². The molecule has 1 aliphatic carbocycles. The number of Topliss-reactive ketones (excluding diaryl/α,β-unsaturated/α-hetero) is 2. The molecular formula is C22H16O8. The quantitative estimate of drug-likeness (QED) is 0.748. The predicted molar refractivity (Wildman–Crippen MR) is 98.4 cm³/mol. The molecule has 152 valence electrons. The van der Waals surface area contributed by atoms with Gasteiger partial charge in [0.1, 0.15) is 6.61 Å².